The van der Waals surface area contributed by atoms with Gasteiger partial charge in [0.2, 0.25) is 5.88 Å². The van der Waals surface area contributed by atoms with E-state index in [0.29, 0.717) is 23.7 Å². The number of ether oxygens (including phenoxy) is 2. The highest BCUT2D eigenvalue weighted by molar-refractivity contribution is 5.59. The number of rotatable bonds is 5. The molecule has 5 heteroatoms. The van der Waals surface area contributed by atoms with Gasteiger partial charge in [-0.25, -0.2) is 4.98 Å². The van der Waals surface area contributed by atoms with Crippen molar-refractivity contribution in [2.45, 2.75) is 6.54 Å². The summed E-state index contributed by atoms with van der Waals surface area (Å²) in [6.07, 6.45) is 0. The summed E-state index contributed by atoms with van der Waals surface area (Å²) in [5.74, 6) is 1.21. The number of anilines is 1. The first kappa shape index (κ1) is 13.7. The van der Waals surface area contributed by atoms with Crippen LogP contribution in [-0.2, 0) is 6.54 Å². The van der Waals surface area contributed by atoms with Crippen LogP contribution in [-0.4, -0.2) is 19.2 Å². The van der Waals surface area contributed by atoms with Gasteiger partial charge in [0.1, 0.15) is 5.75 Å². The maximum absolute atomic E-state index is 8.86. The average Bonchev–Trinajstić information content (AvgIpc) is 2.52. The van der Waals surface area contributed by atoms with E-state index in [-0.39, 0.29) is 0 Å². The Morgan fingerprint density at radius 2 is 2.05 bits per heavy atom. The zero-order chi connectivity index (χ0) is 14.4. The lowest BCUT2D eigenvalue weighted by Gasteiger charge is -2.11. The summed E-state index contributed by atoms with van der Waals surface area (Å²) < 4.78 is 10.3. The lowest BCUT2D eigenvalue weighted by atomic mass is 10.2. The number of nitriles is 1. The second-order valence-electron chi connectivity index (χ2n) is 4.05. The first-order chi connectivity index (χ1) is 9.76. The molecule has 0 aliphatic heterocycles. The highest BCUT2D eigenvalue weighted by atomic mass is 16.5. The van der Waals surface area contributed by atoms with Crippen LogP contribution < -0.4 is 14.8 Å². The summed E-state index contributed by atoms with van der Waals surface area (Å²) in [6.45, 7) is 0.541. The standard InChI is InChI=1S/C15H15N3O2/c1-19-14-8-11(9-16)6-7-13(14)17-10-12-4-3-5-15(18-12)20-2/h3-8,17H,10H2,1-2H3. The first-order valence-corrected chi connectivity index (χ1v) is 6.08. The van der Waals surface area contributed by atoms with E-state index in [9.17, 15) is 0 Å². The van der Waals surface area contributed by atoms with Crippen molar-refractivity contribution in [3.63, 3.8) is 0 Å². The van der Waals surface area contributed by atoms with Crippen LogP contribution in [0.15, 0.2) is 36.4 Å². The molecule has 0 aliphatic carbocycles. The lowest BCUT2D eigenvalue weighted by molar-refractivity contribution is 0.396. The normalized spacial score (nSPS) is 9.65. The third kappa shape index (κ3) is 3.18. The maximum Gasteiger partial charge on any atom is 0.213 e. The fraction of sp³-hybridized carbons (Fsp3) is 0.200. The summed E-state index contributed by atoms with van der Waals surface area (Å²) in [5.41, 5.74) is 2.23. The molecule has 102 valence electrons. The van der Waals surface area contributed by atoms with E-state index in [1.807, 2.05) is 18.2 Å². The molecule has 0 unspecified atom stereocenters. The van der Waals surface area contributed by atoms with Crippen LogP contribution in [0.1, 0.15) is 11.3 Å². The Morgan fingerprint density at radius 3 is 2.75 bits per heavy atom. The molecule has 0 spiro atoms. The Labute approximate surface area is 117 Å². The molecule has 0 saturated heterocycles. The lowest BCUT2D eigenvalue weighted by Crippen LogP contribution is -2.04. The molecule has 0 aliphatic rings. The van der Waals surface area contributed by atoms with Crippen molar-refractivity contribution in [3.05, 3.63) is 47.7 Å². The van der Waals surface area contributed by atoms with E-state index in [4.69, 9.17) is 14.7 Å². The molecule has 0 fully saturated rings. The molecule has 5 nitrogen and oxygen atoms in total. The zero-order valence-corrected chi connectivity index (χ0v) is 11.4. The van der Waals surface area contributed by atoms with Gasteiger partial charge in [-0.05, 0) is 18.2 Å². The quantitative estimate of drug-likeness (QED) is 0.903. The number of pyridine rings is 1. The molecular formula is C15H15N3O2. The molecule has 0 bridgehead atoms. The van der Waals surface area contributed by atoms with E-state index in [0.717, 1.165) is 11.4 Å². The average molecular weight is 269 g/mol. The Kier molecular flexibility index (Phi) is 4.40. The molecule has 1 aromatic carbocycles. The predicted octanol–water partition coefficient (Wildman–Crippen LogP) is 2.58. The van der Waals surface area contributed by atoms with Gasteiger partial charge in [-0.3, -0.25) is 0 Å². The van der Waals surface area contributed by atoms with Crippen molar-refractivity contribution < 1.29 is 9.47 Å². The molecule has 2 rings (SSSR count). The van der Waals surface area contributed by atoms with E-state index >= 15 is 0 Å². The second-order valence-corrected chi connectivity index (χ2v) is 4.05. The predicted molar refractivity (Wildman–Crippen MR) is 75.8 cm³/mol. The Balaban J connectivity index is 2.12. The summed E-state index contributed by atoms with van der Waals surface area (Å²) in [7, 11) is 3.16. The minimum atomic E-state index is 0.541. The van der Waals surface area contributed by atoms with Crippen molar-refractivity contribution >= 4 is 5.69 Å². The molecule has 1 N–H and O–H groups in total. The molecule has 1 aromatic heterocycles. The van der Waals surface area contributed by atoms with E-state index in [2.05, 4.69) is 16.4 Å². The SMILES string of the molecule is COc1cccc(CNc2ccc(C#N)cc2OC)n1. The van der Waals surface area contributed by atoms with Crippen LogP contribution in [0.4, 0.5) is 5.69 Å². The van der Waals surface area contributed by atoms with Gasteiger partial charge in [-0.2, -0.15) is 5.26 Å². The molecule has 20 heavy (non-hydrogen) atoms. The number of benzene rings is 1. The van der Waals surface area contributed by atoms with Crippen molar-refractivity contribution in [1.29, 1.82) is 5.26 Å². The van der Waals surface area contributed by atoms with Crippen molar-refractivity contribution in [3.8, 4) is 17.7 Å². The van der Waals surface area contributed by atoms with Gasteiger partial charge in [-0.15, -0.1) is 0 Å². The molecule has 1 heterocycles. The summed E-state index contributed by atoms with van der Waals surface area (Å²) >= 11 is 0. The Bertz CT molecular complexity index is 635. The molecule has 0 atom stereocenters. The fourth-order valence-corrected chi connectivity index (χ4v) is 1.76. The van der Waals surface area contributed by atoms with Gasteiger partial charge < -0.3 is 14.8 Å². The van der Waals surface area contributed by atoms with Crippen LogP contribution >= 0.6 is 0 Å². The minimum absolute atomic E-state index is 0.541. The second kappa shape index (κ2) is 6.43. The van der Waals surface area contributed by atoms with Crippen molar-refractivity contribution in [2.75, 3.05) is 19.5 Å². The largest absolute Gasteiger partial charge is 0.495 e. The number of hydrogen-bond acceptors (Lipinski definition) is 5. The van der Waals surface area contributed by atoms with E-state index < -0.39 is 0 Å². The van der Waals surface area contributed by atoms with Gasteiger partial charge in [-0.1, -0.05) is 6.07 Å². The van der Waals surface area contributed by atoms with Crippen LogP contribution in [0.5, 0.6) is 11.6 Å². The minimum Gasteiger partial charge on any atom is -0.495 e. The number of aromatic nitrogens is 1. The highest BCUT2D eigenvalue weighted by Gasteiger charge is 2.05. The van der Waals surface area contributed by atoms with Gasteiger partial charge in [0.25, 0.3) is 0 Å². The molecule has 0 amide bonds. The van der Waals surface area contributed by atoms with Gasteiger partial charge >= 0.3 is 0 Å². The third-order valence-electron chi connectivity index (χ3n) is 2.78. The smallest absolute Gasteiger partial charge is 0.213 e. The Hall–Kier alpha value is -2.74. The zero-order valence-electron chi connectivity index (χ0n) is 11.4. The van der Waals surface area contributed by atoms with Gasteiger partial charge in [0.05, 0.1) is 43.8 Å². The number of hydrogen-bond donors (Lipinski definition) is 1. The number of nitrogens with one attached hydrogen (secondary N) is 1. The van der Waals surface area contributed by atoms with Crippen LogP contribution in [0.3, 0.4) is 0 Å². The maximum atomic E-state index is 8.86. The number of methoxy groups -OCH3 is 2. The number of nitrogens with zero attached hydrogens (tertiary/aromatic N) is 2. The third-order valence-corrected chi connectivity index (χ3v) is 2.78. The first-order valence-electron chi connectivity index (χ1n) is 6.08. The van der Waals surface area contributed by atoms with Crippen LogP contribution in [0.2, 0.25) is 0 Å². The van der Waals surface area contributed by atoms with E-state index in [1.54, 1.807) is 32.4 Å². The van der Waals surface area contributed by atoms with E-state index in [1.165, 1.54) is 0 Å². The topological polar surface area (TPSA) is 67.2 Å². The summed E-state index contributed by atoms with van der Waals surface area (Å²) in [4.78, 5) is 4.32. The van der Waals surface area contributed by atoms with Gasteiger partial charge in [0.15, 0.2) is 0 Å². The molecule has 0 saturated carbocycles. The summed E-state index contributed by atoms with van der Waals surface area (Å²) in [5, 5.41) is 12.1. The molecule has 2 aromatic rings. The Morgan fingerprint density at radius 1 is 1.20 bits per heavy atom. The highest BCUT2D eigenvalue weighted by Crippen LogP contribution is 2.25. The van der Waals surface area contributed by atoms with Crippen LogP contribution in [0, 0.1) is 11.3 Å². The molecule has 0 radical (unpaired) electrons. The molecular weight excluding hydrogens is 254 g/mol. The van der Waals surface area contributed by atoms with Crippen molar-refractivity contribution in [1.82, 2.24) is 4.98 Å². The van der Waals surface area contributed by atoms with Gasteiger partial charge in [0, 0.05) is 12.1 Å². The fourth-order valence-electron chi connectivity index (χ4n) is 1.76. The van der Waals surface area contributed by atoms with Crippen LogP contribution in [0.25, 0.3) is 0 Å². The van der Waals surface area contributed by atoms with Crippen molar-refractivity contribution in [2.24, 2.45) is 0 Å². The monoisotopic (exact) mass is 269 g/mol. The summed E-state index contributed by atoms with van der Waals surface area (Å²) in [6, 6.07) is 12.9.